The third kappa shape index (κ3) is 5.99. The number of aromatic nitrogens is 3. The van der Waals surface area contributed by atoms with Crippen molar-refractivity contribution in [2.45, 2.75) is 88.4 Å². The molecule has 8 rings (SSSR count). The largest absolute Gasteiger partial charge is 0.465 e. The summed E-state index contributed by atoms with van der Waals surface area (Å²) in [6.07, 6.45) is 20.3. The van der Waals surface area contributed by atoms with Crippen LogP contribution >= 0.6 is 0 Å². The van der Waals surface area contributed by atoms with Gasteiger partial charge in [0.15, 0.2) is 0 Å². The monoisotopic (exact) mass is 602 g/mol. The molecule has 6 heteroatoms. The van der Waals surface area contributed by atoms with Gasteiger partial charge in [-0.25, -0.2) is 4.79 Å². The van der Waals surface area contributed by atoms with E-state index in [-0.39, 0.29) is 5.97 Å². The molecule has 3 aliphatic rings. The fourth-order valence-corrected chi connectivity index (χ4v) is 7.91. The van der Waals surface area contributed by atoms with Crippen molar-refractivity contribution in [2.24, 2.45) is 14.1 Å². The van der Waals surface area contributed by atoms with E-state index in [0.717, 1.165) is 22.9 Å². The van der Waals surface area contributed by atoms with Crippen molar-refractivity contribution in [3.05, 3.63) is 94.6 Å². The number of benzene rings is 2. The standard InChI is InChI=1S/C25H28N2O2.C14H18N2/c1-27-15-22(18-5-3-4-6-18)20-11-16(7-10-24(20)27)12-23-21(25(28)29-2)13-19(14-26-23)17-8-9-17;1-16-9-13(10-4-2-3-5-10)12-8-11(15)6-7-14(12)16/h7,10-11,13-15,17-18H,3-6,8-9,12H2,1-2H3;6-10H,2-5,15H2,1H3. The summed E-state index contributed by atoms with van der Waals surface area (Å²) in [6.45, 7) is 0. The first-order valence-electron chi connectivity index (χ1n) is 16.9. The van der Waals surface area contributed by atoms with Crippen LogP contribution in [0.4, 0.5) is 5.69 Å². The maximum absolute atomic E-state index is 12.4. The van der Waals surface area contributed by atoms with E-state index in [1.165, 1.54) is 110 Å². The first-order valence-corrected chi connectivity index (χ1v) is 16.9. The first kappa shape index (κ1) is 29.6. The number of aryl methyl sites for hydroxylation is 2. The summed E-state index contributed by atoms with van der Waals surface area (Å²) < 4.78 is 9.52. The maximum Gasteiger partial charge on any atom is 0.339 e. The molecule has 0 radical (unpaired) electrons. The molecule has 0 aliphatic heterocycles. The van der Waals surface area contributed by atoms with Crippen LogP contribution in [0.5, 0.6) is 0 Å². The molecule has 2 aromatic carbocycles. The molecule has 0 atom stereocenters. The van der Waals surface area contributed by atoms with E-state index in [1.54, 1.807) is 0 Å². The number of hydrogen-bond acceptors (Lipinski definition) is 4. The van der Waals surface area contributed by atoms with E-state index in [2.05, 4.69) is 70.9 Å². The number of nitrogens with two attached hydrogens (primary N) is 1. The van der Waals surface area contributed by atoms with Gasteiger partial charge >= 0.3 is 5.97 Å². The van der Waals surface area contributed by atoms with Crippen molar-refractivity contribution < 1.29 is 9.53 Å². The third-order valence-electron chi connectivity index (χ3n) is 10.5. The molecule has 234 valence electrons. The third-order valence-corrected chi connectivity index (χ3v) is 10.5. The highest BCUT2D eigenvalue weighted by molar-refractivity contribution is 5.91. The molecule has 0 saturated heterocycles. The van der Waals surface area contributed by atoms with Crippen LogP contribution in [0.3, 0.4) is 0 Å². The molecule has 2 N–H and O–H groups in total. The number of rotatable bonds is 6. The molecular formula is C39H46N4O2. The Balaban J connectivity index is 0.000000171. The SMILES string of the molecule is COC(=O)c1cc(C2CC2)cnc1Cc1ccc2c(c1)c(C1CCCC1)cn2C.Cn1cc(C2CCCC2)c2cc(N)ccc21. The Hall–Kier alpha value is -4.06. The number of pyridine rings is 1. The van der Waals surface area contributed by atoms with Gasteiger partial charge < -0.3 is 19.6 Å². The number of nitrogen functional groups attached to an aromatic ring is 1. The lowest BCUT2D eigenvalue weighted by atomic mass is 9.95. The van der Waals surface area contributed by atoms with Crippen molar-refractivity contribution >= 4 is 33.5 Å². The number of carbonyl (C=O) groups excluding carboxylic acids is 1. The van der Waals surface area contributed by atoms with Crippen LogP contribution < -0.4 is 5.73 Å². The highest BCUT2D eigenvalue weighted by atomic mass is 16.5. The Kier molecular flexibility index (Phi) is 8.15. The molecule has 0 spiro atoms. The number of anilines is 1. The Morgan fingerprint density at radius 1 is 0.800 bits per heavy atom. The lowest BCUT2D eigenvalue weighted by Crippen LogP contribution is -2.09. The van der Waals surface area contributed by atoms with Crippen molar-refractivity contribution in [2.75, 3.05) is 12.8 Å². The fourth-order valence-electron chi connectivity index (χ4n) is 7.91. The Morgan fingerprint density at radius 3 is 1.96 bits per heavy atom. The van der Waals surface area contributed by atoms with E-state index in [1.807, 2.05) is 18.3 Å². The number of carbonyl (C=O) groups is 1. The zero-order chi connectivity index (χ0) is 31.1. The normalized spacial score (nSPS) is 17.2. The second-order valence-corrected chi connectivity index (χ2v) is 13.7. The quantitative estimate of drug-likeness (QED) is 0.156. The smallest absolute Gasteiger partial charge is 0.339 e. The second kappa shape index (κ2) is 12.4. The van der Waals surface area contributed by atoms with E-state index in [0.29, 0.717) is 23.8 Å². The maximum atomic E-state index is 12.4. The molecule has 3 heterocycles. The minimum absolute atomic E-state index is 0.289. The summed E-state index contributed by atoms with van der Waals surface area (Å²) >= 11 is 0. The lowest BCUT2D eigenvalue weighted by Gasteiger charge is -2.11. The Labute approximate surface area is 266 Å². The number of methoxy groups -OCH3 is 1. The van der Waals surface area contributed by atoms with E-state index in [9.17, 15) is 4.79 Å². The first-order chi connectivity index (χ1) is 21.9. The molecule has 0 unspecified atom stereocenters. The van der Waals surface area contributed by atoms with Gasteiger partial charge in [-0.3, -0.25) is 4.98 Å². The number of fused-ring (bicyclic) bond motifs is 2. The summed E-state index contributed by atoms with van der Waals surface area (Å²) in [6, 6.07) is 14.9. The highest BCUT2D eigenvalue weighted by Gasteiger charge is 2.27. The Bertz CT molecular complexity index is 1850. The predicted molar refractivity (Wildman–Crippen MR) is 183 cm³/mol. The van der Waals surface area contributed by atoms with Crippen LogP contribution in [0.25, 0.3) is 21.8 Å². The van der Waals surface area contributed by atoms with Crippen LogP contribution in [0.2, 0.25) is 0 Å². The number of hydrogen-bond donors (Lipinski definition) is 1. The summed E-state index contributed by atoms with van der Waals surface area (Å²) in [5.74, 6) is 1.71. The average Bonchev–Trinajstić information content (AvgIpc) is 3.39. The summed E-state index contributed by atoms with van der Waals surface area (Å²) in [5.41, 5.74) is 16.1. The minimum Gasteiger partial charge on any atom is -0.465 e. The van der Waals surface area contributed by atoms with Crippen LogP contribution in [0.1, 0.15) is 120 Å². The van der Waals surface area contributed by atoms with Gasteiger partial charge in [0.05, 0.1) is 18.4 Å². The van der Waals surface area contributed by atoms with Gasteiger partial charge in [-0.2, -0.15) is 0 Å². The summed E-state index contributed by atoms with van der Waals surface area (Å²) in [4.78, 5) is 17.1. The molecule has 0 amide bonds. The molecular weight excluding hydrogens is 556 g/mol. The molecule has 45 heavy (non-hydrogen) atoms. The van der Waals surface area contributed by atoms with Gasteiger partial charge in [0.1, 0.15) is 0 Å². The summed E-state index contributed by atoms with van der Waals surface area (Å²) in [7, 11) is 5.70. The van der Waals surface area contributed by atoms with E-state index in [4.69, 9.17) is 10.5 Å². The van der Waals surface area contributed by atoms with Gasteiger partial charge in [-0.05, 0) is 115 Å². The van der Waals surface area contributed by atoms with Crippen LogP contribution in [0.15, 0.2) is 61.1 Å². The average molecular weight is 603 g/mol. The highest BCUT2D eigenvalue weighted by Crippen LogP contribution is 2.41. The lowest BCUT2D eigenvalue weighted by molar-refractivity contribution is 0.0599. The second-order valence-electron chi connectivity index (χ2n) is 13.7. The van der Waals surface area contributed by atoms with Crippen LogP contribution in [0, 0.1) is 0 Å². The van der Waals surface area contributed by atoms with Crippen molar-refractivity contribution in [3.63, 3.8) is 0 Å². The molecule has 3 aliphatic carbocycles. The predicted octanol–water partition coefficient (Wildman–Crippen LogP) is 8.90. The summed E-state index contributed by atoms with van der Waals surface area (Å²) in [5, 5.41) is 2.71. The number of esters is 1. The molecule has 0 bridgehead atoms. The zero-order valence-corrected chi connectivity index (χ0v) is 27.0. The van der Waals surface area contributed by atoms with Gasteiger partial charge in [-0.15, -0.1) is 0 Å². The topological polar surface area (TPSA) is 75.1 Å². The van der Waals surface area contributed by atoms with Crippen molar-refractivity contribution in [1.82, 2.24) is 14.1 Å². The fraction of sp³-hybridized carbons (Fsp3) is 0.436. The van der Waals surface area contributed by atoms with Gasteiger partial charge in [-0.1, -0.05) is 31.7 Å². The van der Waals surface area contributed by atoms with Gasteiger partial charge in [0.25, 0.3) is 0 Å². The van der Waals surface area contributed by atoms with E-state index < -0.39 is 0 Å². The number of nitrogens with zero attached hydrogens (tertiary/aromatic N) is 3. The zero-order valence-electron chi connectivity index (χ0n) is 27.0. The van der Waals surface area contributed by atoms with Crippen molar-refractivity contribution in [3.8, 4) is 0 Å². The minimum atomic E-state index is -0.289. The van der Waals surface area contributed by atoms with Crippen molar-refractivity contribution in [1.29, 1.82) is 0 Å². The van der Waals surface area contributed by atoms with Crippen LogP contribution in [-0.2, 0) is 25.3 Å². The Morgan fingerprint density at radius 2 is 1.38 bits per heavy atom. The molecule has 5 aromatic rings. The number of ether oxygens (including phenoxy) is 1. The van der Waals surface area contributed by atoms with Crippen LogP contribution in [-0.4, -0.2) is 27.2 Å². The van der Waals surface area contributed by atoms with Gasteiger partial charge in [0, 0.05) is 66.6 Å². The molecule has 3 fully saturated rings. The molecule has 3 aromatic heterocycles. The van der Waals surface area contributed by atoms with E-state index >= 15 is 0 Å². The van der Waals surface area contributed by atoms with Gasteiger partial charge in [0.2, 0.25) is 0 Å². The molecule has 3 saturated carbocycles. The molecule has 6 nitrogen and oxygen atoms in total.